The molecule has 0 aliphatic carbocycles. The van der Waals surface area contributed by atoms with Gasteiger partial charge in [0.2, 0.25) is 5.91 Å². The fourth-order valence-electron chi connectivity index (χ4n) is 2.80. The first-order chi connectivity index (χ1) is 12.7. The van der Waals surface area contributed by atoms with E-state index in [-0.39, 0.29) is 19.1 Å². The first kappa shape index (κ1) is 17.7. The SMILES string of the molecule is COc1cccc(CN2C(=O)OC[C@H]2C(=O)NCCc2cccnc2)c1. The molecule has 0 saturated carbocycles. The second-order valence-corrected chi connectivity index (χ2v) is 5.97. The Hall–Kier alpha value is -3.09. The molecule has 1 aromatic carbocycles. The average Bonchev–Trinajstić information content (AvgIpc) is 3.03. The number of nitrogens with zero attached hydrogens (tertiary/aromatic N) is 2. The van der Waals surface area contributed by atoms with Crippen molar-refractivity contribution in [2.75, 3.05) is 20.3 Å². The summed E-state index contributed by atoms with van der Waals surface area (Å²) in [5.74, 6) is 0.482. The second kappa shape index (κ2) is 8.33. The molecule has 3 rings (SSSR count). The van der Waals surface area contributed by atoms with E-state index in [0.29, 0.717) is 18.7 Å². The number of rotatable bonds is 7. The van der Waals surface area contributed by atoms with Crippen LogP contribution in [-0.2, 0) is 22.5 Å². The number of carbonyl (C=O) groups is 2. The highest BCUT2D eigenvalue weighted by Crippen LogP contribution is 2.19. The molecule has 1 fully saturated rings. The number of methoxy groups -OCH3 is 1. The molecule has 2 aromatic rings. The van der Waals surface area contributed by atoms with Crippen LogP contribution in [0.15, 0.2) is 48.8 Å². The van der Waals surface area contributed by atoms with E-state index in [1.54, 1.807) is 19.5 Å². The van der Waals surface area contributed by atoms with Crippen LogP contribution >= 0.6 is 0 Å². The lowest BCUT2D eigenvalue weighted by molar-refractivity contribution is -0.124. The number of cyclic esters (lactones) is 1. The summed E-state index contributed by atoms with van der Waals surface area (Å²) in [5.41, 5.74) is 1.91. The largest absolute Gasteiger partial charge is 0.497 e. The molecular weight excluding hydrogens is 334 g/mol. The van der Waals surface area contributed by atoms with Crippen LogP contribution < -0.4 is 10.1 Å². The van der Waals surface area contributed by atoms with Crippen LogP contribution in [0.1, 0.15) is 11.1 Å². The van der Waals surface area contributed by atoms with Gasteiger partial charge in [-0.15, -0.1) is 0 Å². The first-order valence-corrected chi connectivity index (χ1v) is 8.40. The van der Waals surface area contributed by atoms with E-state index in [4.69, 9.17) is 9.47 Å². The number of pyridine rings is 1. The minimum Gasteiger partial charge on any atom is -0.497 e. The lowest BCUT2D eigenvalue weighted by Gasteiger charge is -2.21. The Morgan fingerprint density at radius 3 is 2.96 bits per heavy atom. The number of ether oxygens (including phenoxy) is 2. The van der Waals surface area contributed by atoms with Gasteiger partial charge >= 0.3 is 6.09 Å². The number of hydrogen-bond donors (Lipinski definition) is 1. The van der Waals surface area contributed by atoms with E-state index >= 15 is 0 Å². The highest BCUT2D eigenvalue weighted by Gasteiger charge is 2.37. The summed E-state index contributed by atoms with van der Waals surface area (Å²) >= 11 is 0. The van der Waals surface area contributed by atoms with E-state index in [0.717, 1.165) is 11.1 Å². The van der Waals surface area contributed by atoms with Crippen LogP contribution in [0.5, 0.6) is 5.75 Å². The van der Waals surface area contributed by atoms with Gasteiger partial charge in [0.25, 0.3) is 0 Å². The molecule has 7 heteroatoms. The van der Waals surface area contributed by atoms with Gasteiger partial charge in [0.15, 0.2) is 0 Å². The minimum atomic E-state index is -0.636. The molecule has 7 nitrogen and oxygen atoms in total. The molecule has 26 heavy (non-hydrogen) atoms. The van der Waals surface area contributed by atoms with Crippen molar-refractivity contribution in [2.24, 2.45) is 0 Å². The molecule has 0 unspecified atom stereocenters. The summed E-state index contributed by atoms with van der Waals surface area (Å²) in [6.45, 7) is 0.820. The maximum atomic E-state index is 12.5. The smallest absolute Gasteiger partial charge is 0.410 e. The summed E-state index contributed by atoms with van der Waals surface area (Å²) in [7, 11) is 1.59. The predicted molar refractivity (Wildman–Crippen MR) is 94.6 cm³/mol. The summed E-state index contributed by atoms with van der Waals surface area (Å²) in [4.78, 5) is 30.0. The van der Waals surface area contributed by atoms with Crippen molar-refractivity contribution in [1.82, 2.24) is 15.2 Å². The van der Waals surface area contributed by atoms with Crippen LogP contribution in [0.3, 0.4) is 0 Å². The lowest BCUT2D eigenvalue weighted by atomic mass is 10.1. The molecule has 1 aliphatic heterocycles. The molecule has 2 amide bonds. The molecule has 1 saturated heterocycles. The van der Waals surface area contributed by atoms with Gasteiger partial charge in [-0.05, 0) is 35.7 Å². The molecule has 1 aliphatic rings. The molecule has 0 radical (unpaired) electrons. The topological polar surface area (TPSA) is 80.8 Å². The molecule has 0 bridgehead atoms. The monoisotopic (exact) mass is 355 g/mol. The summed E-state index contributed by atoms with van der Waals surface area (Å²) in [6.07, 6.45) is 3.67. The van der Waals surface area contributed by atoms with Crippen LogP contribution in [0.25, 0.3) is 0 Å². The Kier molecular flexibility index (Phi) is 5.68. The van der Waals surface area contributed by atoms with Crippen LogP contribution in [0.4, 0.5) is 4.79 Å². The van der Waals surface area contributed by atoms with Crippen LogP contribution in [0.2, 0.25) is 0 Å². The van der Waals surface area contributed by atoms with Crippen molar-refractivity contribution < 1.29 is 19.1 Å². The summed E-state index contributed by atoms with van der Waals surface area (Å²) in [5, 5.41) is 2.87. The number of aromatic nitrogens is 1. The quantitative estimate of drug-likeness (QED) is 0.819. The third-order valence-electron chi connectivity index (χ3n) is 4.20. The van der Waals surface area contributed by atoms with Gasteiger partial charge in [-0.1, -0.05) is 18.2 Å². The Bertz CT molecular complexity index is 766. The molecule has 2 heterocycles. The van der Waals surface area contributed by atoms with Crippen LogP contribution in [0, 0.1) is 0 Å². The van der Waals surface area contributed by atoms with Gasteiger partial charge in [0.05, 0.1) is 13.7 Å². The van der Waals surface area contributed by atoms with E-state index in [1.807, 2.05) is 36.4 Å². The van der Waals surface area contributed by atoms with Crippen molar-refractivity contribution in [1.29, 1.82) is 0 Å². The predicted octanol–water partition coefficient (Wildman–Crippen LogP) is 1.77. The van der Waals surface area contributed by atoms with Crippen molar-refractivity contribution in [2.45, 2.75) is 19.0 Å². The van der Waals surface area contributed by atoms with E-state index in [9.17, 15) is 9.59 Å². The molecule has 1 aromatic heterocycles. The van der Waals surface area contributed by atoms with Gasteiger partial charge in [0.1, 0.15) is 18.4 Å². The van der Waals surface area contributed by atoms with Crippen molar-refractivity contribution in [3.8, 4) is 5.75 Å². The molecular formula is C19H21N3O4. The molecule has 136 valence electrons. The lowest BCUT2D eigenvalue weighted by Crippen LogP contribution is -2.45. The van der Waals surface area contributed by atoms with Crippen molar-refractivity contribution in [3.05, 3.63) is 59.9 Å². The zero-order valence-electron chi connectivity index (χ0n) is 14.6. The van der Waals surface area contributed by atoms with Gasteiger partial charge in [-0.3, -0.25) is 14.7 Å². The van der Waals surface area contributed by atoms with E-state index < -0.39 is 12.1 Å². The number of nitrogens with one attached hydrogen (secondary N) is 1. The maximum Gasteiger partial charge on any atom is 0.410 e. The van der Waals surface area contributed by atoms with Gasteiger partial charge in [-0.25, -0.2) is 4.79 Å². The Labute approximate surface area is 151 Å². The maximum absolute atomic E-state index is 12.5. The van der Waals surface area contributed by atoms with Crippen molar-refractivity contribution >= 4 is 12.0 Å². The highest BCUT2D eigenvalue weighted by molar-refractivity contribution is 5.87. The van der Waals surface area contributed by atoms with Gasteiger partial charge in [0, 0.05) is 18.9 Å². The first-order valence-electron chi connectivity index (χ1n) is 8.40. The molecule has 1 atom stereocenters. The van der Waals surface area contributed by atoms with E-state index in [2.05, 4.69) is 10.3 Å². The second-order valence-electron chi connectivity index (χ2n) is 5.97. The standard InChI is InChI=1S/C19H21N3O4/c1-25-16-6-2-4-15(10-16)12-22-17(13-26-19(22)24)18(23)21-9-7-14-5-3-8-20-11-14/h2-6,8,10-11,17H,7,9,12-13H2,1H3,(H,21,23)/t17-/m0/s1. The van der Waals surface area contributed by atoms with Gasteiger partial charge < -0.3 is 14.8 Å². The average molecular weight is 355 g/mol. The highest BCUT2D eigenvalue weighted by atomic mass is 16.6. The number of amides is 2. The Morgan fingerprint density at radius 1 is 1.35 bits per heavy atom. The normalized spacial score (nSPS) is 16.3. The summed E-state index contributed by atoms with van der Waals surface area (Å²) < 4.78 is 10.3. The van der Waals surface area contributed by atoms with Crippen LogP contribution in [-0.4, -0.2) is 48.2 Å². The van der Waals surface area contributed by atoms with Gasteiger partial charge in [-0.2, -0.15) is 0 Å². The Morgan fingerprint density at radius 2 is 2.19 bits per heavy atom. The number of benzene rings is 1. The third-order valence-corrected chi connectivity index (χ3v) is 4.20. The zero-order chi connectivity index (χ0) is 18.4. The van der Waals surface area contributed by atoms with E-state index in [1.165, 1.54) is 4.90 Å². The fourth-order valence-corrected chi connectivity index (χ4v) is 2.80. The van der Waals surface area contributed by atoms with Crippen molar-refractivity contribution in [3.63, 3.8) is 0 Å². The zero-order valence-corrected chi connectivity index (χ0v) is 14.6. The minimum absolute atomic E-state index is 0.0571. The number of carbonyl (C=O) groups excluding carboxylic acids is 2. The molecule has 1 N–H and O–H groups in total. The number of hydrogen-bond acceptors (Lipinski definition) is 5. The molecule has 0 spiro atoms. The fraction of sp³-hybridized carbons (Fsp3) is 0.316. The summed E-state index contributed by atoms with van der Waals surface area (Å²) in [6, 6.07) is 10.6. The Balaban J connectivity index is 1.58. The third kappa shape index (κ3) is 4.30.